The van der Waals surface area contributed by atoms with Crippen LogP contribution in [0.1, 0.15) is 56.8 Å². The van der Waals surface area contributed by atoms with Crippen LogP contribution in [0, 0.1) is 11.8 Å². The SMILES string of the molecule is CC1CCC(C(=O)N(c2oc(-c3ccccc3)cc2C(=O)O)C(C)C)CC1. The molecule has 1 heterocycles. The first-order chi connectivity index (χ1) is 12.9. The van der Waals surface area contributed by atoms with Gasteiger partial charge in [-0.1, -0.05) is 37.3 Å². The lowest BCUT2D eigenvalue weighted by Gasteiger charge is -2.32. The molecule has 0 bridgehead atoms. The summed E-state index contributed by atoms with van der Waals surface area (Å²) in [4.78, 5) is 26.6. The van der Waals surface area contributed by atoms with Gasteiger partial charge in [0.25, 0.3) is 0 Å². The first-order valence-electron chi connectivity index (χ1n) is 9.64. The van der Waals surface area contributed by atoms with Gasteiger partial charge < -0.3 is 9.52 Å². The second kappa shape index (κ2) is 7.99. The van der Waals surface area contributed by atoms with Crippen LogP contribution in [0.4, 0.5) is 5.88 Å². The molecule has 1 aliphatic rings. The molecule has 0 spiro atoms. The summed E-state index contributed by atoms with van der Waals surface area (Å²) in [6.07, 6.45) is 3.75. The Morgan fingerprint density at radius 2 is 1.74 bits per heavy atom. The topological polar surface area (TPSA) is 70.8 Å². The molecule has 5 nitrogen and oxygen atoms in total. The Kier molecular flexibility index (Phi) is 5.68. The summed E-state index contributed by atoms with van der Waals surface area (Å²) in [5.74, 6) is 0.0404. The Morgan fingerprint density at radius 3 is 2.30 bits per heavy atom. The Morgan fingerprint density at radius 1 is 1.11 bits per heavy atom. The normalized spacial score (nSPS) is 19.9. The second-order valence-corrected chi connectivity index (χ2v) is 7.76. The molecule has 0 saturated heterocycles. The molecule has 144 valence electrons. The van der Waals surface area contributed by atoms with Gasteiger partial charge in [-0.15, -0.1) is 0 Å². The first kappa shape index (κ1) is 19.2. The summed E-state index contributed by atoms with van der Waals surface area (Å²) in [5, 5.41) is 9.69. The van der Waals surface area contributed by atoms with Crippen molar-refractivity contribution in [2.24, 2.45) is 11.8 Å². The third kappa shape index (κ3) is 4.07. The number of anilines is 1. The minimum Gasteiger partial charge on any atom is -0.477 e. The van der Waals surface area contributed by atoms with Gasteiger partial charge in [-0.2, -0.15) is 0 Å². The number of furan rings is 1. The van der Waals surface area contributed by atoms with Crippen LogP contribution in [0.15, 0.2) is 40.8 Å². The maximum atomic E-state index is 13.2. The average molecular weight is 369 g/mol. The molecule has 0 atom stereocenters. The number of amides is 1. The van der Waals surface area contributed by atoms with Gasteiger partial charge in [-0.3, -0.25) is 9.69 Å². The van der Waals surface area contributed by atoms with Crippen molar-refractivity contribution in [1.29, 1.82) is 0 Å². The third-order valence-corrected chi connectivity index (χ3v) is 5.34. The monoisotopic (exact) mass is 369 g/mol. The molecule has 2 aromatic rings. The number of carbonyl (C=O) groups is 2. The predicted molar refractivity (Wildman–Crippen MR) is 105 cm³/mol. The van der Waals surface area contributed by atoms with Crippen molar-refractivity contribution in [3.63, 3.8) is 0 Å². The minimum atomic E-state index is -1.09. The van der Waals surface area contributed by atoms with Crippen molar-refractivity contribution in [3.8, 4) is 11.3 Å². The lowest BCUT2D eigenvalue weighted by Crippen LogP contribution is -2.42. The summed E-state index contributed by atoms with van der Waals surface area (Å²) in [6, 6.07) is 10.7. The van der Waals surface area contributed by atoms with Gasteiger partial charge >= 0.3 is 5.97 Å². The van der Waals surface area contributed by atoms with Gasteiger partial charge in [0.2, 0.25) is 11.8 Å². The quantitative estimate of drug-likeness (QED) is 0.785. The number of carboxylic acids is 1. The van der Waals surface area contributed by atoms with Gasteiger partial charge in [0.1, 0.15) is 11.3 Å². The molecule has 1 aromatic heterocycles. The Hall–Kier alpha value is -2.56. The molecule has 1 aliphatic carbocycles. The predicted octanol–water partition coefficient (Wildman–Crippen LogP) is 5.21. The number of benzene rings is 1. The molecule has 5 heteroatoms. The lowest BCUT2D eigenvalue weighted by atomic mass is 9.82. The summed E-state index contributed by atoms with van der Waals surface area (Å²) in [5.41, 5.74) is 0.814. The van der Waals surface area contributed by atoms with E-state index in [1.54, 1.807) is 0 Å². The summed E-state index contributed by atoms with van der Waals surface area (Å²) in [7, 11) is 0. The van der Waals surface area contributed by atoms with E-state index in [-0.39, 0.29) is 29.3 Å². The molecule has 1 amide bonds. The van der Waals surface area contributed by atoms with Crippen molar-refractivity contribution in [1.82, 2.24) is 0 Å². The van der Waals surface area contributed by atoms with Gasteiger partial charge in [0, 0.05) is 23.6 Å². The smallest absolute Gasteiger partial charge is 0.341 e. The van der Waals surface area contributed by atoms with Crippen molar-refractivity contribution in [2.45, 2.75) is 52.5 Å². The number of carbonyl (C=O) groups excluding carboxylic acids is 1. The van der Waals surface area contributed by atoms with Gasteiger partial charge in [-0.25, -0.2) is 4.79 Å². The van der Waals surface area contributed by atoms with Crippen LogP contribution in [0.5, 0.6) is 0 Å². The van der Waals surface area contributed by atoms with Crippen molar-refractivity contribution in [2.75, 3.05) is 4.90 Å². The van der Waals surface area contributed by atoms with E-state index in [1.165, 1.54) is 11.0 Å². The van der Waals surface area contributed by atoms with Gasteiger partial charge in [0.15, 0.2) is 0 Å². The first-order valence-corrected chi connectivity index (χ1v) is 9.64. The summed E-state index contributed by atoms with van der Waals surface area (Å²) in [6.45, 7) is 5.99. The standard InChI is InChI=1S/C22H27NO4/c1-14(2)23(20(24)17-11-9-15(3)10-12-17)21-18(22(25)26)13-19(27-21)16-7-5-4-6-8-16/h4-8,13-15,17H,9-12H2,1-3H3,(H,25,26). The van der Waals surface area contributed by atoms with Crippen molar-refractivity contribution < 1.29 is 19.1 Å². The van der Waals surface area contributed by atoms with E-state index in [2.05, 4.69) is 6.92 Å². The van der Waals surface area contributed by atoms with Crippen LogP contribution < -0.4 is 4.90 Å². The average Bonchev–Trinajstić information content (AvgIpc) is 3.08. The van der Waals surface area contributed by atoms with E-state index in [4.69, 9.17) is 4.42 Å². The van der Waals surface area contributed by atoms with Gasteiger partial charge in [0.05, 0.1) is 0 Å². The second-order valence-electron chi connectivity index (χ2n) is 7.76. The lowest BCUT2D eigenvalue weighted by molar-refractivity contribution is -0.124. The van der Waals surface area contributed by atoms with Gasteiger partial charge in [-0.05, 0) is 45.4 Å². The molecule has 0 unspecified atom stereocenters. The van der Waals surface area contributed by atoms with E-state index in [0.717, 1.165) is 31.2 Å². The molecule has 3 rings (SSSR count). The van der Waals surface area contributed by atoms with E-state index < -0.39 is 5.97 Å². The van der Waals surface area contributed by atoms with E-state index in [9.17, 15) is 14.7 Å². The maximum absolute atomic E-state index is 13.2. The molecule has 1 fully saturated rings. The number of hydrogen-bond donors (Lipinski definition) is 1. The molecular weight excluding hydrogens is 342 g/mol. The number of nitrogens with zero attached hydrogens (tertiary/aromatic N) is 1. The molecule has 1 N–H and O–H groups in total. The molecule has 1 aromatic carbocycles. The summed E-state index contributed by atoms with van der Waals surface area (Å²) < 4.78 is 5.94. The maximum Gasteiger partial charge on any atom is 0.341 e. The highest BCUT2D eigenvalue weighted by atomic mass is 16.4. The van der Waals surface area contributed by atoms with Crippen molar-refractivity contribution in [3.05, 3.63) is 42.0 Å². The third-order valence-electron chi connectivity index (χ3n) is 5.34. The molecule has 0 radical (unpaired) electrons. The van der Waals surface area contributed by atoms with Crippen LogP contribution in [0.25, 0.3) is 11.3 Å². The van der Waals surface area contributed by atoms with E-state index in [1.807, 2.05) is 44.2 Å². The van der Waals surface area contributed by atoms with Crippen LogP contribution in [0.2, 0.25) is 0 Å². The zero-order chi connectivity index (χ0) is 19.6. The molecule has 0 aliphatic heterocycles. The zero-order valence-electron chi connectivity index (χ0n) is 16.1. The fourth-order valence-corrected chi connectivity index (χ4v) is 3.75. The highest BCUT2D eigenvalue weighted by Gasteiger charge is 2.34. The highest BCUT2D eigenvalue weighted by molar-refractivity contribution is 6.02. The molecule has 27 heavy (non-hydrogen) atoms. The fraction of sp³-hybridized carbons (Fsp3) is 0.455. The zero-order valence-corrected chi connectivity index (χ0v) is 16.1. The van der Waals surface area contributed by atoms with Crippen LogP contribution >= 0.6 is 0 Å². The van der Waals surface area contributed by atoms with E-state index >= 15 is 0 Å². The van der Waals surface area contributed by atoms with Crippen LogP contribution in [0.3, 0.4) is 0 Å². The van der Waals surface area contributed by atoms with E-state index in [0.29, 0.717) is 11.7 Å². The largest absolute Gasteiger partial charge is 0.477 e. The van der Waals surface area contributed by atoms with Crippen LogP contribution in [-0.2, 0) is 4.79 Å². The van der Waals surface area contributed by atoms with Crippen LogP contribution in [-0.4, -0.2) is 23.0 Å². The molecular formula is C22H27NO4. The number of carboxylic acid groups (broad SMARTS) is 1. The van der Waals surface area contributed by atoms with Crippen molar-refractivity contribution >= 4 is 17.8 Å². The Balaban J connectivity index is 1.98. The summed E-state index contributed by atoms with van der Waals surface area (Å²) >= 11 is 0. The Bertz CT molecular complexity index is 801. The Labute approximate surface area is 160 Å². The number of rotatable bonds is 5. The number of aromatic carboxylic acids is 1. The minimum absolute atomic E-state index is 0.0279. The fourth-order valence-electron chi connectivity index (χ4n) is 3.75. The molecule has 1 saturated carbocycles. The highest BCUT2D eigenvalue weighted by Crippen LogP contribution is 2.36. The number of hydrogen-bond acceptors (Lipinski definition) is 3.